The minimum Gasteiger partial charge on any atom is -0.490 e. The third-order valence-corrected chi connectivity index (χ3v) is 4.44. The van der Waals surface area contributed by atoms with E-state index < -0.39 is 17.4 Å². The predicted molar refractivity (Wildman–Crippen MR) is 122 cm³/mol. The van der Waals surface area contributed by atoms with Gasteiger partial charge < -0.3 is 9.47 Å². The monoisotopic (exact) mass is 420 g/mol. The third kappa shape index (κ3) is 5.15. The summed E-state index contributed by atoms with van der Waals surface area (Å²) in [5.41, 5.74) is 4.40. The molecule has 0 bridgehead atoms. The summed E-state index contributed by atoms with van der Waals surface area (Å²) < 4.78 is 12.0. The zero-order chi connectivity index (χ0) is 22.6. The van der Waals surface area contributed by atoms with E-state index in [2.05, 4.69) is 12.0 Å². The van der Waals surface area contributed by atoms with Crippen molar-refractivity contribution in [2.45, 2.75) is 39.7 Å². The number of benzene rings is 2. The van der Waals surface area contributed by atoms with Crippen molar-refractivity contribution in [1.29, 1.82) is 0 Å². The molecule has 0 aromatic heterocycles. The molecule has 2 amide bonds. The number of anilines is 1. The number of ether oxygens (including phenoxy) is 2. The molecule has 6 nitrogen and oxygen atoms in total. The number of nitrogens with zero attached hydrogens (tertiary/aromatic N) is 1. The van der Waals surface area contributed by atoms with E-state index in [-0.39, 0.29) is 5.57 Å². The lowest BCUT2D eigenvalue weighted by atomic mass is 10.0. The molecule has 6 heteroatoms. The van der Waals surface area contributed by atoms with Crippen molar-refractivity contribution in [2.24, 2.45) is 0 Å². The van der Waals surface area contributed by atoms with Gasteiger partial charge in [0.1, 0.15) is 11.2 Å². The first-order valence-corrected chi connectivity index (χ1v) is 10.3. The van der Waals surface area contributed by atoms with E-state index in [1.165, 1.54) is 5.01 Å². The molecule has 0 radical (unpaired) electrons. The summed E-state index contributed by atoms with van der Waals surface area (Å²) in [4.78, 5) is 25.4. The molecule has 1 aliphatic rings. The van der Waals surface area contributed by atoms with Gasteiger partial charge in [-0.05, 0) is 70.0 Å². The molecule has 1 saturated heterocycles. The van der Waals surface area contributed by atoms with E-state index in [1.54, 1.807) is 42.5 Å². The average Bonchev–Trinajstić information content (AvgIpc) is 2.99. The van der Waals surface area contributed by atoms with Crippen molar-refractivity contribution in [2.75, 3.05) is 11.6 Å². The van der Waals surface area contributed by atoms with Crippen LogP contribution in [0.4, 0.5) is 5.69 Å². The number of amides is 2. The standard InChI is InChI=1S/C25H28N2O4/c1-6-11-18-14-17(16-21(30-7-2)22(18)31-25(3,4)5)15-20-23(28)26-27(24(20)29)19-12-9-8-10-13-19/h6,8-10,12-16H,1,7,11H2,2-5H3,(H,26,28). The van der Waals surface area contributed by atoms with Crippen molar-refractivity contribution in [1.82, 2.24) is 5.43 Å². The minimum atomic E-state index is -0.452. The van der Waals surface area contributed by atoms with Gasteiger partial charge in [-0.25, -0.2) is 5.01 Å². The van der Waals surface area contributed by atoms with Gasteiger partial charge >= 0.3 is 0 Å². The number of nitrogens with one attached hydrogen (secondary N) is 1. The first kappa shape index (κ1) is 22.2. The van der Waals surface area contributed by atoms with E-state index in [9.17, 15) is 9.59 Å². The molecule has 0 atom stereocenters. The Labute approximate surface area is 183 Å². The molecule has 0 saturated carbocycles. The first-order valence-electron chi connectivity index (χ1n) is 10.3. The SMILES string of the molecule is C=CCc1cc(C=C2C(=O)NN(c3ccccc3)C2=O)cc(OCC)c1OC(C)(C)C. The van der Waals surface area contributed by atoms with E-state index in [0.29, 0.717) is 35.8 Å². The van der Waals surface area contributed by atoms with Crippen LogP contribution in [-0.2, 0) is 16.0 Å². The van der Waals surface area contributed by atoms with Gasteiger partial charge in [0.15, 0.2) is 11.5 Å². The van der Waals surface area contributed by atoms with Crippen LogP contribution < -0.4 is 19.9 Å². The highest BCUT2D eigenvalue weighted by molar-refractivity contribution is 6.31. The van der Waals surface area contributed by atoms with Gasteiger partial charge in [-0.2, -0.15) is 0 Å². The van der Waals surface area contributed by atoms with E-state index in [0.717, 1.165) is 5.56 Å². The van der Waals surface area contributed by atoms with Crippen molar-refractivity contribution >= 4 is 23.6 Å². The van der Waals surface area contributed by atoms with E-state index in [1.807, 2.05) is 39.8 Å². The molecular weight excluding hydrogens is 392 g/mol. The maximum Gasteiger partial charge on any atom is 0.282 e. The number of carbonyl (C=O) groups excluding carboxylic acids is 2. The van der Waals surface area contributed by atoms with Crippen LogP contribution in [0.15, 0.2) is 60.7 Å². The zero-order valence-corrected chi connectivity index (χ0v) is 18.4. The second-order valence-electron chi connectivity index (χ2n) is 8.12. The maximum absolute atomic E-state index is 12.9. The fourth-order valence-electron chi connectivity index (χ4n) is 3.24. The molecule has 1 N–H and O–H groups in total. The summed E-state index contributed by atoms with van der Waals surface area (Å²) in [6.45, 7) is 12.1. The number of hydrogen-bond donors (Lipinski definition) is 1. The molecule has 1 fully saturated rings. The smallest absolute Gasteiger partial charge is 0.282 e. The first-order chi connectivity index (χ1) is 14.7. The van der Waals surface area contributed by atoms with Crippen LogP contribution in [0.2, 0.25) is 0 Å². The number of allylic oxidation sites excluding steroid dienone is 1. The molecule has 162 valence electrons. The predicted octanol–water partition coefficient (Wildman–Crippen LogP) is 4.45. The van der Waals surface area contributed by atoms with E-state index >= 15 is 0 Å². The number of carbonyl (C=O) groups is 2. The molecule has 0 aliphatic carbocycles. The van der Waals surface area contributed by atoms with Gasteiger partial charge in [-0.1, -0.05) is 24.3 Å². The Morgan fingerprint density at radius 1 is 1.13 bits per heavy atom. The Bertz CT molecular complexity index is 1020. The fraction of sp³-hybridized carbons (Fsp3) is 0.280. The van der Waals surface area contributed by atoms with Crippen LogP contribution >= 0.6 is 0 Å². The summed E-state index contributed by atoms with van der Waals surface area (Å²) in [6.07, 6.45) is 3.91. The van der Waals surface area contributed by atoms with Crippen LogP contribution in [0.1, 0.15) is 38.8 Å². The molecule has 1 heterocycles. The Kier molecular flexibility index (Phi) is 6.49. The second kappa shape index (κ2) is 9.08. The lowest BCUT2D eigenvalue weighted by molar-refractivity contribution is -0.117. The average molecular weight is 421 g/mol. The van der Waals surface area contributed by atoms with Crippen molar-refractivity contribution < 1.29 is 19.1 Å². The molecule has 2 aromatic rings. The van der Waals surface area contributed by atoms with Gasteiger partial charge in [-0.3, -0.25) is 15.0 Å². The molecule has 0 spiro atoms. The van der Waals surface area contributed by atoms with Crippen molar-refractivity contribution in [3.63, 3.8) is 0 Å². The van der Waals surface area contributed by atoms with Gasteiger partial charge in [0.05, 0.1) is 12.3 Å². The summed E-state index contributed by atoms with van der Waals surface area (Å²) in [7, 11) is 0. The topological polar surface area (TPSA) is 67.9 Å². The second-order valence-corrected chi connectivity index (χ2v) is 8.12. The Hall–Kier alpha value is -3.54. The molecule has 3 rings (SSSR count). The maximum atomic E-state index is 12.9. The van der Waals surface area contributed by atoms with Crippen LogP contribution in [0, 0.1) is 0 Å². The lowest BCUT2D eigenvalue weighted by Gasteiger charge is -2.25. The molecule has 0 unspecified atom stereocenters. The van der Waals surface area contributed by atoms with Gasteiger partial charge in [0.25, 0.3) is 11.8 Å². The van der Waals surface area contributed by atoms with Crippen LogP contribution in [0.3, 0.4) is 0 Å². The third-order valence-electron chi connectivity index (χ3n) is 4.44. The lowest BCUT2D eigenvalue weighted by Crippen LogP contribution is -2.35. The Morgan fingerprint density at radius 2 is 1.84 bits per heavy atom. The molecule has 1 aliphatic heterocycles. The molecular formula is C25H28N2O4. The highest BCUT2D eigenvalue weighted by Gasteiger charge is 2.34. The normalized spacial score (nSPS) is 15.2. The largest absolute Gasteiger partial charge is 0.490 e. The summed E-state index contributed by atoms with van der Waals surface area (Å²) in [6, 6.07) is 12.7. The van der Waals surface area contributed by atoms with Crippen LogP contribution in [-0.4, -0.2) is 24.0 Å². The van der Waals surface area contributed by atoms with Crippen molar-refractivity contribution in [3.05, 3.63) is 71.8 Å². The summed E-state index contributed by atoms with van der Waals surface area (Å²) in [5.74, 6) is 0.348. The van der Waals surface area contributed by atoms with Gasteiger partial charge in [0, 0.05) is 5.56 Å². The Morgan fingerprint density at radius 3 is 2.45 bits per heavy atom. The zero-order valence-electron chi connectivity index (χ0n) is 18.4. The number of hydrogen-bond acceptors (Lipinski definition) is 4. The van der Waals surface area contributed by atoms with Crippen LogP contribution in [0.5, 0.6) is 11.5 Å². The number of hydrazine groups is 1. The van der Waals surface area contributed by atoms with Crippen LogP contribution in [0.25, 0.3) is 6.08 Å². The van der Waals surface area contributed by atoms with Gasteiger partial charge in [-0.15, -0.1) is 6.58 Å². The highest BCUT2D eigenvalue weighted by Crippen LogP contribution is 2.37. The molecule has 2 aromatic carbocycles. The van der Waals surface area contributed by atoms with Gasteiger partial charge in [0.2, 0.25) is 0 Å². The summed E-state index contributed by atoms with van der Waals surface area (Å²) in [5, 5.41) is 1.25. The number of para-hydroxylation sites is 1. The fourth-order valence-corrected chi connectivity index (χ4v) is 3.24. The number of rotatable bonds is 7. The minimum absolute atomic E-state index is 0.0559. The quantitative estimate of drug-likeness (QED) is 0.408. The van der Waals surface area contributed by atoms with Crippen molar-refractivity contribution in [3.8, 4) is 11.5 Å². The Balaban J connectivity index is 2.03. The summed E-state index contributed by atoms with van der Waals surface area (Å²) >= 11 is 0. The van der Waals surface area contributed by atoms with E-state index in [4.69, 9.17) is 9.47 Å². The highest BCUT2D eigenvalue weighted by atomic mass is 16.5. The molecule has 31 heavy (non-hydrogen) atoms.